The first-order chi connectivity index (χ1) is 9.20. The molecule has 100 valence electrons. The highest BCUT2D eigenvalue weighted by Gasteiger charge is 2.13. The van der Waals surface area contributed by atoms with Gasteiger partial charge in [-0.25, -0.2) is 4.39 Å². The molecule has 2 rings (SSSR count). The maximum Gasteiger partial charge on any atom is 0.124 e. The van der Waals surface area contributed by atoms with E-state index in [0.717, 1.165) is 28.6 Å². The molecule has 0 bridgehead atoms. The first kappa shape index (κ1) is 14.2. The van der Waals surface area contributed by atoms with Gasteiger partial charge in [0, 0.05) is 22.9 Å². The summed E-state index contributed by atoms with van der Waals surface area (Å²) < 4.78 is 13.9. The van der Waals surface area contributed by atoms with E-state index in [-0.39, 0.29) is 11.9 Å². The van der Waals surface area contributed by atoms with Gasteiger partial charge in [-0.3, -0.25) is 4.98 Å². The number of halogens is 2. The molecular formula is C15H16BrFN2. The third-order valence-corrected chi connectivity index (χ3v) is 3.71. The molecule has 0 fully saturated rings. The van der Waals surface area contributed by atoms with Crippen LogP contribution < -0.4 is 5.32 Å². The van der Waals surface area contributed by atoms with E-state index in [2.05, 4.69) is 39.2 Å². The molecule has 1 unspecified atom stereocenters. The minimum absolute atomic E-state index is 0.181. The molecule has 0 spiro atoms. The highest BCUT2D eigenvalue weighted by Crippen LogP contribution is 2.24. The van der Waals surface area contributed by atoms with Crippen LogP contribution in [0.4, 0.5) is 4.39 Å². The molecule has 0 saturated carbocycles. The lowest BCUT2D eigenvalue weighted by molar-refractivity contribution is 0.546. The van der Waals surface area contributed by atoms with Crippen LogP contribution >= 0.6 is 15.9 Å². The standard InChI is InChI=1S/C15H16BrFN2/c1-2-19-15(12-4-3-7-18-10-12)8-11-5-6-13(17)9-14(11)16/h3-7,9-10,15,19H,2,8H2,1H3. The second-order valence-electron chi connectivity index (χ2n) is 4.34. The fourth-order valence-electron chi connectivity index (χ4n) is 2.04. The molecule has 0 amide bonds. The third kappa shape index (κ3) is 3.85. The second kappa shape index (κ2) is 6.78. The van der Waals surface area contributed by atoms with Crippen molar-refractivity contribution in [1.29, 1.82) is 0 Å². The minimum atomic E-state index is -0.225. The molecule has 19 heavy (non-hydrogen) atoms. The summed E-state index contributed by atoms with van der Waals surface area (Å²) in [5, 5.41) is 3.43. The summed E-state index contributed by atoms with van der Waals surface area (Å²) in [6, 6.07) is 8.98. The van der Waals surface area contributed by atoms with Gasteiger partial charge in [0.1, 0.15) is 5.82 Å². The zero-order valence-electron chi connectivity index (χ0n) is 10.7. The predicted molar refractivity (Wildman–Crippen MR) is 78.5 cm³/mol. The summed E-state index contributed by atoms with van der Waals surface area (Å²) >= 11 is 3.42. The minimum Gasteiger partial charge on any atom is -0.310 e. The number of rotatable bonds is 5. The van der Waals surface area contributed by atoms with Crippen LogP contribution in [0.2, 0.25) is 0 Å². The van der Waals surface area contributed by atoms with Crippen LogP contribution in [0.15, 0.2) is 47.2 Å². The second-order valence-corrected chi connectivity index (χ2v) is 5.19. The van der Waals surface area contributed by atoms with Crippen molar-refractivity contribution in [2.24, 2.45) is 0 Å². The molecule has 1 atom stereocenters. The quantitative estimate of drug-likeness (QED) is 0.903. The van der Waals surface area contributed by atoms with Crippen LogP contribution in [-0.4, -0.2) is 11.5 Å². The van der Waals surface area contributed by atoms with E-state index >= 15 is 0 Å². The summed E-state index contributed by atoms with van der Waals surface area (Å²) in [5.74, 6) is -0.225. The number of nitrogens with one attached hydrogen (secondary N) is 1. The van der Waals surface area contributed by atoms with Crippen LogP contribution in [0, 0.1) is 5.82 Å². The number of aromatic nitrogens is 1. The van der Waals surface area contributed by atoms with Crippen molar-refractivity contribution in [2.75, 3.05) is 6.54 Å². The predicted octanol–water partition coefficient (Wildman–Crippen LogP) is 3.88. The Hall–Kier alpha value is -1.26. The van der Waals surface area contributed by atoms with Gasteiger partial charge in [0.2, 0.25) is 0 Å². The van der Waals surface area contributed by atoms with Gasteiger partial charge in [-0.05, 0) is 42.3 Å². The number of hydrogen-bond acceptors (Lipinski definition) is 2. The largest absolute Gasteiger partial charge is 0.310 e. The highest BCUT2D eigenvalue weighted by atomic mass is 79.9. The Morgan fingerprint density at radius 1 is 1.37 bits per heavy atom. The van der Waals surface area contributed by atoms with E-state index in [9.17, 15) is 4.39 Å². The molecule has 0 aliphatic carbocycles. The van der Waals surface area contributed by atoms with E-state index in [1.54, 1.807) is 6.20 Å². The third-order valence-electron chi connectivity index (χ3n) is 2.98. The average molecular weight is 323 g/mol. The topological polar surface area (TPSA) is 24.9 Å². The van der Waals surface area contributed by atoms with Crippen LogP contribution in [0.3, 0.4) is 0 Å². The van der Waals surface area contributed by atoms with Crippen molar-refractivity contribution in [3.8, 4) is 0 Å². The average Bonchev–Trinajstić information content (AvgIpc) is 2.42. The van der Waals surface area contributed by atoms with E-state index in [4.69, 9.17) is 0 Å². The fraction of sp³-hybridized carbons (Fsp3) is 0.267. The van der Waals surface area contributed by atoms with Crippen LogP contribution in [0.25, 0.3) is 0 Å². The number of likely N-dealkylation sites (N-methyl/N-ethyl adjacent to an activating group) is 1. The van der Waals surface area contributed by atoms with E-state index < -0.39 is 0 Å². The van der Waals surface area contributed by atoms with Crippen molar-refractivity contribution in [3.05, 3.63) is 64.1 Å². The van der Waals surface area contributed by atoms with Gasteiger partial charge in [0.15, 0.2) is 0 Å². The first-order valence-corrected chi connectivity index (χ1v) is 7.07. The van der Waals surface area contributed by atoms with Crippen molar-refractivity contribution in [1.82, 2.24) is 10.3 Å². The molecule has 0 radical (unpaired) electrons. The lowest BCUT2D eigenvalue weighted by atomic mass is 10.00. The Labute approximate surface area is 121 Å². The molecule has 0 aliphatic rings. The molecule has 1 heterocycles. The van der Waals surface area contributed by atoms with Crippen LogP contribution in [0.5, 0.6) is 0 Å². The Balaban J connectivity index is 2.21. The smallest absolute Gasteiger partial charge is 0.124 e. The van der Waals surface area contributed by atoms with Crippen molar-refractivity contribution >= 4 is 15.9 Å². The lowest BCUT2D eigenvalue weighted by Gasteiger charge is -2.18. The number of benzene rings is 1. The van der Waals surface area contributed by atoms with Crippen LogP contribution in [0.1, 0.15) is 24.1 Å². The van der Waals surface area contributed by atoms with Gasteiger partial charge < -0.3 is 5.32 Å². The molecule has 2 aromatic rings. The van der Waals surface area contributed by atoms with Crippen molar-refractivity contribution in [2.45, 2.75) is 19.4 Å². The highest BCUT2D eigenvalue weighted by molar-refractivity contribution is 9.10. The fourth-order valence-corrected chi connectivity index (χ4v) is 2.56. The van der Waals surface area contributed by atoms with E-state index in [1.807, 2.05) is 18.3 Å². The maximum absolute atomic E-state index is 13.1. The normalized spacial score (nSPS) is 12.4. The number of pyridine rings is 1. The molecule has 0 aliphatic heterocycles. The lowest BCUT2D eigenvalue weighted by Crippen LogP contribution is -2.23. The first-order valence-electron chi connectivity index (χ1n) is 6.28. The van der Waals surface area contributed by atoms with E-state index in [0.29, 0.717) is 0 Å². The molecule has 4 heteroatoms. The zero-order valence-corrected chi connectivity index (χ0v) is 12.3. The number of hydrogen-bond donors (Lipinski definition) is 1. The Morgan fingerprint density at radius 3 is 2.84 bits per heavy atom. The van der Waals surface area contributed by atoms with Gasteiger partial charge in [-0.15, -0.1) is 0 Å². The number of nitrogens with zero attached hydrogens (tertiary/aromatic N) is 1. The van der Waals surface area contributed by atoms with E-state index in [1.165, 1.54) is 12.1 Å². The maximum atomic E-state index is 13.1. The van der Waals surface area contributed by atoms with Crippen molar-refractivity contribution in [3.63, 3.8) is 0 Å². The summed E-state index contributed by atoms with van der Waals surface area (Å²) in [4.78, 5) is 4.15. The van der Waals surface area contributed by atoms with Gasteiger partial charge in [-0.1, -0.05) is 35.0 Å². The van der Waals surface area contributed by atoms with Crippen molar-refractivity contribution < 1.29 is 4.39 Å². The SMILES string of the molecule is CCNC(Cc1ccc(F)cc1Br)c1cccnc1. The van der Waals surface area contributed by atoms with Gasteiger partial charge in [0.05, 0.1) is 0 Å². The summed E-state index contributed by atoms with van der Waals surface area (Å²) in [7, 11) is 0. The molecule has 1 aromatic carbocycles. The summed E-state index contributed by atoms with van der Waals surface area (Å²) in [6.07, 6.45) is 4.42. The molecular weight excluding hydrogens is 307 g/mol. The monoisotopic (exact) mass is 322 g/mol. The Morgan fingerprint density at radius 2 is 2.21 bits per heavy atom. The Bertz CT molecular complexity index is 531. The van der Waals surface area contributed by atoms with Gasteiger partial charge >= 0.3 is 0 Å². The molecule has 1 aromatic heterocycles. The molecule has 1 N–H and O–H groups in total. The zero-order chi connectivity index (χ0) is 13.7. The van der Waals surface area contributed by atoms with Gasteiger partial charge in [-0.2, -0.15) is 0 Å². The Kier molecular flexibility index (Phi) is 5.05. The molecule has 0 saturated heterocycles. The van der Waals surface area contributed by atoms with Gasteiger partial charge in [0.25, 0.3) is 0 Å². The summed E-state index contributed by atoms with van der Waals surface area (Å²) in [5.41, 5.74) is 2.22. The molecule has 2 nitrogen and oxygen atoms in total. The van der Waals surface area contributed by atoms with Crippen LogP contribution in [-0.2, 0) is 6.42 Å². The summed E-state index contributed by atoms with van der Waals surface area (Å²) in [6.45, 7) is 2.95.